The third-order valence-electron chi connectivity index (χ3n) is 3.77. The number of hydrogen-bond donors (Lipinski definition) is 1. The number of benzene rings is 1. The summed E-state index contributed by atoms with van der Waals surface area (Å²) in [6, 6.07) is 6.00. The molecule has 0 unspecified atom stereocenters. The largest absolute Gasteiger partial charge is 0.497 e. The van der Waals surface area contributed by atoms with E-state index in [1.165, 1.54) is 0 Å². The minimum atomic E-state index is -0.243. The summed E-state index contributed by atoms with van der Waals surface area (Å²) in [5, 5.41) is 3.31. The predicted octanol–water partition coefficient (Wildman–Crippen LogP) is 1.90. The maximum atomic E-state index is 12.1. The zero-order valence-corrected chi connectivity index (χ0v) is 11.0. The number of cyclic esters (lactones) is 1. The van der Waals surface area contributed by atoms with Crippen LogP contribution in [0.15, 0.2) is 18.2 Å². The third kappa shape index (κ3) is 2.26. The number of piperidine rings is 1. The second kappa shape index (κ2) is 5.09. The lowest BCUT2D eigenvalue weighted by molar-refractivity contribution is 0.137. The second-order valence-corrected chi connectivity index (χ2v) is 4.90. The molecule has 19 heavy (non-hydrogen) atoms. The van der Waals surface area contributed by atoms with Crippen LogP contribution in [0.1, 0.15) is 18.4 Å². The molecule has 0 spiro atoms. The van der Waals surface area contributed by atoms with Gasteiger partial charge < -0.3 is 14.8 Å². The Balaban J connectivity index is 1.97. The smallest absolute Gasteiger partial charge is 0.414 e. The van der Waals surface area contributed by atoms with Gasteiger partial charge in [0.15, 0.2) is 0 Å². The summed E-state index contributed by atoms with van der Waals surface area (Å²) < 4.78 is 10.5. The minimum absolute atomic E-state index is 0.208. The van der Waals surface area contributed by atoms with Gasteiger partial charge in [-0.25, -0.2) is 4.79 Å². The summed E-state index contributed by atoms with van der Waals surface area (Å²) in [5.74, 6) is 0.771. The highest BCUT2D eigenvalue weighted by molar-refractivity contribution is 5.91. The van der Waals surface area contributed by atoms with Crippen molar-refractivity contribution in [2.24, 2.45) is 0 Å². The van der Waals surface area contributed by atoms with Gasteiger partial charge in [-0.05, 0) is 38.1 Å². The molecule has 2 heterocycles. The lowest BCUT2D eigenvalue weighted by Crippen LogP contribution is -2.48. The van der Waals surface area contributed by atoms with Crippen molar-refractivity contribution in [2.75, 3.05) is 25.1 Å². The first-order chi connectivity index (χ1) is 9.29. The highest BCUT2D eigenvalue weighted by Gasteiger charge is 2.33. The number of rotatable bonds is 2. The highest BCUT2D eigenvalue weighted by atomic mass is 16.6. The number of carbonyl (C=O) groups is 1. The molecule has 5 nitrogen and oxygen atoms in total. The van der Waals surface area contributed by atoms with E-state index < -0.39 is 0 Å². The number of nitrogens with one attached hydrogen (secondary N) is 1. The van der Waals surface area contributed by atoms with Gasteiger partial charge in [0.1, 0.15) is 12.4 Å². The van der Waals surface area contributed by atoms with Crippen molar-refractivity contribution in [3.8, 4) is 5.75 Å². The zero-order chi connectivity index (χ0) is 13.2. The van der Waals surface area contributed by atoms with E-state index in [-0.39, 0.29) is 12.1 Å². The SMILES string of the molecule is COc1ccc2c(c1)N(C1CCNCC1)C(=O)OC2. The summed E-state index contributed by atoms with van der Waals surface area (Å²) in [6.07, 6.45) is 1.66. The third-order valence-corrected chi connectivity index (χ3v) is 3.77. The first-order valence-electron chi connectivity index (χ1n) is 6.63. The Morgan fingerprint density at radius 2 is 2.16 bits per heavy atom. The molecule has 3 rings (SSSR count). The van der Waals surface area contributed by atoms with Gasteiger partial charge in [0.2, 0.25) is 0 Å². The van der Waals surface area contributed by atoms with Crippen molar-refractivity contribution >= 4 is 11.8 Å². The number of carbonyl (C=O) groups excluding carboxylic acids is 1. The molecule has 0 radical (unpaired) electrons. The van der Waals surface area contributed by atoms with Crippen molar-refractivity contribution in [1.82, 2.24) is 5.32 Å². The molecule has 0 aromatic heterocycles. The van der Waals surface area contributed by atoms with Crippen LogP contribution in [0.3, 0.4) is 0 Å². The Kier molecular flexibility index (Phi) is 3.29. The van der Waals surface area contributed by atoms with E-state index in [4.69, 9.17) is 9.47 Å². The van der Waals surface area contributed by atoms with E-state index in [1.54, 1.807) is 12.0 Å². The molecule has 2 aliphatic heterocycles. The summed E-state index contributed by atoms with van der Waals surface area (Å²) in [4.78, 5) is 13.9. The standard InChI is InChI=1S/C14H18N2O3/c1-18-12-3-2-10-9-19-14(17)16(13(10)8-12)11-4-6-15-7-5-11/h2-3,8,11,15H,4-7,9H2,1H3. The van der Waals surface area contributed by atoms with Gasteiger partial charge in [0.25, 0.3) is 0 Å². The first kappa shape index (κ1) is 12.3. The Morgan fingerprint density at radius 1 is 1.37 bits per heavy atom. The van der Waals surface area contributed by atoms with E-state index in [0.29, 0.717) is 6.61 Å². The van der Waals surface area contributed by atoms with Gasteiger partial charge in [0.05, 0.1) is 12.8 Å². The molecule has 0 saturated carbocycles. The maximum Gasteiger partial charge on any atom is 0.414 e. The topological polar surface area (TPSA) is 50.8 Å². The van der Waals surface area contributed by atoms with Crippen LogP contribution < -0.4 is 15.0 Å². The molecule has 0 bridgehead atoms. The molecule has 5 heteroatoms. The molecule has 1 fully saturated rings. The van der Waals surface area contributed by atoms with Crippen molar-refractivity contribution < 1.29 is 14.3 Å². The molecule has 1 aromatic rings. The first-order valence-corrected chi connectivity index (χ1v) is 6.63. The van der Waals surface area contributed by atoms with Gasteiger partial charge in [0, 0.05) is 17.7 Å². The normalized spacial score (nSPS) is 19.8. The molecule has 1 aromatic carbocycles. The lowest BCUT2D eigenvalue weighted by Gasteiger charge is -2.37. The average molecular weight is 262 g/mol. The van der Waals surface area contributed by atoms with Crippen LogP contribution in [0.25, 0.3) is 0 Å². The average Bonchev–Trinajstić information content (AvgIpc) is 2.47. The Labute approximate surface area is 112 Å². The molecule has 0 atom stereocenters. The number of amides is 1. The summed E-state index contributed by atoms with van der Waals surface area (Å²) in [7, 11) is 1.64. The number of anilines is 1. The molecule has 1 N–H and O–H groups in total. The van der Waals surface area contributed by atoms with Gasteiger partial charge in [-0.1, -0.05) is 0 Å². The summed E-state index contributed by atoms with van der Waals surface area (Å²) >= 11 is 0. The number of nitrogens with zero attached hydrogens (tertiary/aromatic N) is 1. The van der Waals surface area contributed by atoms with Crippen LogP contribution in [0.2, 0.25) is 0 Å². The van der Waals surface area contributed by atoms with Crippen LogP contribution in [-0.2, 0) is 11.3 Å². The Bertz CT molecular complexity index is 484. The van der Waals surface area contributed by atoms with E-state index in [9.17, 15) is 4.79 Å². The summed E-state index contributed by atoms with van der Waals surface area (Å²) in [6.45, 7) is 2.22. The fourth-order valence-electron chi connectivity index (χ4n) is 2.73. The number of methoxy groups -OCH3 is 1. The molecule has 2 aliphatic rings. The monoisotopic (exact) mass is 262 g/mol. The van der Waals surface area contributed by atoms with E-state index >= 15 is 0 Å². The quantitative estimate of drug-likeness (QED) is 0.884. The van der Waals surface area contributed by atoms with E-state index in [1.807, 2.05) is 18.2 Å². The van der Waals surface area contributed by atoms with Crippen LogP contribution in [0.4, 0.5) is 10.5 Å². The molecule has 1 amide bonds. The Morgan fingerprint density at radius 3 is 2.89 bits per heavy atom. The van der Waals surface area contributed by atoms with E-state index in [2.05, 4.69) is 5.32 Å². The van der Waals surface area contributed by atoms with Gasteiger partial charge in [-0.3, -0.25) is 4.90 Å². The lowest BCUT2D eigenvalue weighted by atomic mass is 10.0. The zero-order valence-electron chi connectivity index (χ0n) is 11.0. The van der Waals surface area contributed by atoms with Crippen LogP contribution in [0.5, 0.6) is 5.75 Å². The molecule has 102 valence electrons. The second-order valence-electron chi connectivity index (χ2n) is 4.90. The molecule has 1 saturated heterocycles. The fourth-order valence-corrected chi connectivity index (χ4v) is 2.73. The Hall–Kier alpha value is -1.75. The minimum Gasteiger partial charge on any atom is -0.497 e. The summed E-state index contributed by atoms with van der Waals surface area (Å²) in [5.41, 5.74) is 1.97. The number of hydrogen-bond acceptors (Lipinski definition) is 4. The maximum absolute atomic E-state index is 12.1. The van der Waals surface area contributed by atoms with Crippen LogP contribution in [0, 0.1) is 0 Å². The van der Waals surface area contributed by atoms with Crippen molar-refractivity contribution in [2.45, 2.75) is 25.5 Å². The fraction of sp³-hybridized carbons (Fsp3) is 0.500. The van der Waals surface area contributed by atoms with Crippen LogP contribution in [-0.4, -0.2) is 32.3 Å². The predicted molar refractivity (Wildman–Crippen MR) is 71.5 cm³/mol. The van der Waals surface area contributed by atoms with Gasteiger partial charge in [-0.2, -0.15) is 0 Å². The van der Waals surface area contributed by atoms with E-state index in [0.717, 1.165) is 42.9 Å². The van der Waals surface area contributed by atoms with Crippen molar-refractivity contribution in [3.05, 3.63) is 23.8 Å². The number of fused-ring (bicyclic) bond motifs is 1. The molecular weight excluding hydrogens is 244 g/mol. The van der Waals surface area contributed by atoms with Crippen molar-refractivity contribution in [3.63, 3.8) is 0 Å². The van der Waals surface area contributed by atoms with Crippen LogP contribution >= 0.6 is 0 Å². The van der Waals surface area contributed by atoms with Crippen molar-refractivity contribution in [1.29, 1.82) is 0 Å². The van der Waals surface area contributed by atoms with Gasteiger partial charge in [-0.15, -0.1) is 0 Å². The van der Waals surface area contributed by atoms with Gasteiger partial charge >= 0.3 is 6.09 Å². The number of ether oxygens (including phenoxy) is 2. The molecule has 0 aliphatic carbocycles. The highest BCUT2D eigenvalue weighted by Crippen LogP contribution is 2.33. The molecular formula is C14H18N2O3.